The van der Waals surface area contributed by atoms with E-state index in [1.54, 1.807) is 0 Å². The molecule has 3 nitrogen and oxygen atoms in total. The lowest BCUT2D eigenvalue weighted by Gasteiger charge is -2.30. The van der Waals surface area contributed by atoms with Crippen LogP contribution in [0.25, 0.3) is 0 Å². The van der Waals surface area contributed by atoms with Crippen LogP contribution in [0.5, 0.6) is 0 Å². The van der Waals surface area contributed by atoms with Crippen LogP contribution in [0.15, 0.2) is 60.7 Å². The standard InChI is InChI=1S/C20H26N2O/c1-4-22(16-19-13-9-6-10-14-19)17(2)20(23)21(3)15-18-11-7-5-8-12-18/h5-14,17H,4,15-16H2,1-3H3. The van der Waals surface area contributed by atoms with E-state index < -0.39 is 0 Å². The van der Waals surface area contributed by atoms with Gasteiger partial charge in [-0.15, -0.1) is 0 Å². The van der Waals surface area contributed by atoms with E-state index >= 15 is 0 Å². The van der Waals surface area contributed by atoms with E-state index in [1.807, 2.05) is 55.3 Å². The van der Waals surface area contributed by atoms with Crippen molar-refractivity contribution in [1.82, 2.24) is 9.80 Å². The smallest absolute Gasteiger partial charge is 0.239 e. The van der Waals surface area contributed by atoms with Gasteiger partial charge in [-0.1, -0.05) is 67.6 Å². The van der Waals surface area contributed by atoms with Crippen molar-refractivity contribution < 1.29 is 4.79 Å². The van der Waals surface area contributed by atoms with Crippen LogP contribution in [0, 0.1) is 0 Å². The molecule has 2 aromatic carbocycles. The van der Waals surface area contributed by atoms with Gasteiger partial charge < -0.3 is 4.90 Å². The number of amides is 1. The molecule has 122 valence electrons. The Morgan fingerprint density at radius 2 is 1.39 bits per heavy atom. The Labute approximate surface area is 139 Å². The van der Waals surface area contributed by atoms with Crippen LogP contribution < -0.4 is 0 Å². The van der Waals surface area contributed by atoms with Crippen LogP contribution >= 0.6 is 0 Å². The average Bonchev–Trinajstić information content (AvgIpc) is 2.60. The first-order valence-corrected chi connectivity index (χ1v) is 8.18. The fourth-order valence-electron chi connectivity index (χ4n) is 2.75. The molecular weight excluding hydrogens is 284 g/mol. The second-order valence-electron chi connectivity index (χ2n) is 5.90. The molecule has 1 unspecified atom stereocenters. The van der Waals surface area contributed by atoms with Crippen LogP contribution in [0.1, 0.15) is 25.0 Å². The molecule has 0 heterocycles. The van der Waals surface area contributed by atoms with Crippen LogP contribution in [0.4, 0.5) is 0 Å². The minimum Gasteiger partial charge on any atom is -0.340 e. The Bertz CT molecular complexity index is 598. The fourth-order valence-corrected chi connectivity index (χ4v) is 2.75. The Kier molecular flexibility index (Phi) is 6.36. The molecule has 1 atom stereocenters. The lowest BCUT2D eigenvalue weighted by atomic mass is 10.1. The van der Waals surface area contributed by atoms with Crippen LogP contribution in [-0.4, -0.2) is 35.3 Å². The molecule has 0 saturated heterocycles. The van der Waals surface area contributed by atoms with Crippen molar-refractivity contribution in [2.75, 3.05) is 13.6 Å². The predicted octanol–water partition coefficient (Wildman–Crippen LogP) is 3.56. The van der Waals surface area contributed by atoms with E-state index in [0.29, 0.717) is 6.54 Å². The molecule has 0 bridgehead atoms. The highest BCUT2D eigenvalue weighted by molar-refractivity contribution is 5.81. The number of benzene rings is 2. The topological polar surface area (TPSA) is 23.6 Å². The highest BCUT2D eigenvalue weighted by Crippen LogP contribution is 2.11. The van der Waals surface area contributed by atoms with Gasteiger partial charge in [-0.05, 0) is 24.6 Å². The average molecular weight is 310 g/mol. The molecule has 0 aromatic heterocycles. The van der Waals surface area contributed by atoms with Crippen molar-refractivity contribution in [3.05, 3.63) is 71.8 Å². The zero-order valence-electron chi connectivity index (χ0n) is 14.3. The maximum Gasteiger partial charge on any atom is 0.239 e. The molecule has 2 aromatic rings. The van der Waals surface area contributed by atoms with Crippen molar-refractivity contribution in [3.63, 3.8) is 0 Å². The summed E-state index contributed by atoms with van der Waals surface area (Å²) in [6.45, 7) is 6.39. The van der Waals surface area contributed by atoms with Crippen LogP contribution in [0.3, 0.4) is 0 Å². The van der Waals surface area contributed by atoms with E-state index in [1.165, 1.54) is 5.56 Å². The lowest BCUT2D eigenvalue weighted by molar-refractivity contribution is -0.135. The summed E-state index contributed by atoms with van der Waals surface area (Å²) in [5, 5.41) is 0. The van der Waals surface area contributed by atoms with E-state index in [-0.39, 0.29) is 11.9 Å². The van der Waals surface area contributed by atoms with Gasteiger partial charge in [0.15, 0.2) is 0 Å². The molecule has 0 aliphatic rings. The van der Waals surface area contributed by atoms with E-state index in [9.17, 15) is 4.79 Å². The largest absolute Gasteiger partial charge is 0.340 e. The number of hydrogen-bond acceptors (Lipinski definition) is 2. The van der Waals surface area contributed by atoms with Gasteiger partial charge in [0.2, 0.25) is 5.91 Å². The van der Waals surface area contributed by atoms with Crippen LogP contribution in [-0.2, 0) is 17.9 Å². The molecule has 0 aliphatic heterocycles. The Morgan fingerprint density at radius 3 is 1.87 bits per heavy atom. The van der Waals surface area contributed by atoms with Gasteiger partial charge >= 0.3 is 0 Å². The van der Waals surface area contributed by atoms with Gasteiger partial charge in [0.25, 0.3) is 0 Å². The number of rotatable bonds is 7. The third kappa shape index (κ3) is 4.93. The molecule has 0 radical (unpaired) electrons. The van der Waals surface area contributed by atoms with Gasteiger partial charge in [0.1, 0.15) is 0 Å². The highest BCUT2D eigenvalue weighted by Gasteiger charge is 2.23. The lowest BCUT2D eigenvalue weighted by Crippen LogP contribution is -2.45. The molecule has 0 aliphatic carbocycles. The SMILES string of the molecule is CCN(Cc1ccccc1)C(C)C(=O)N(C)Cc1ccccc1. The van der Waals surface area contributed by atoms with Crippen molar-refractivity contribution >= 4 is 5.91 Å². The van der Waals surface area contributed by atoms with E-state index in [4.69, 9.17) is 0 Å². The van der Waals surface area contributed by atoms with Crippen molar-refractivity contribution in [3.8, 4) is 0 Å². The first kappa shape index (κ1) is 17.2. The van der Waals surface area contributed by atoms with E-state index in [0.717, 1.165) is 18.7 Å². The number of carbonyl (C=O) groups excluding carboxylic acids is 1. The number of likely N-dealkylation sites (N-methyl/N-ethyl adjacent to an activating group) is 2. The summed E-state index contributed by atoms with van der Waals surface area (Å²) in [4.78, 5) is 16.7. The maximum absolute atomic E-state index is 12.7. The second-order valence-corrected chi connectivity index (χ2v) is 5.90. The molecule has 23 heavy (non-hydrogen) atoms. The summed E-state index contributed by atoms with van der Waals surface area (Å²) in [6.07, 6.45) is 0. The molecule has 0 N–H and O–H groups in total. The molecule has 0 fully saturated rings. The molecule has 2 rings (SSSR count). The number of carbonyl (C=O) groups is 1. The Morgan fingerprint density at radius 1 is 0.913 bits per heavy atom. The molecule has 1 amide bonds. The summed E-state index contributed by atoms with van der Waals surface area (Å²) in [5.74, 6) is 0.159. The van der Waals surface area contributed by atoms with Gasteiger partial charge in [-0.25, -0.2) is 0 Å². The van der Waals surface area contributed by atoms with E-state index in [2.05, 4.69) is 36.1 Å². The monoisotopic (exact) mass is 310 g/mol. The van der Waals surface area contributed by atoms with Gasteiger partial charge in [0.05, 0.1) is 6.04 Å². The van der Waals surface area contributed by atoms with Crippen molar-refractivity contribution in [2.24, 2.45) is 0 Å². The molecule has 3 heteroatoms. The van der Waals surface area contributed by atoms with Crippen LogP contribution in [0.2, 0.25) is 0 Å². The summed E-state index contributed by atoms with van der Waals surface area (Å²) in [7, 11) is 1.88. The predicted molar refractivity (Wildman–Crippen MR) is 94.9 cm³/mol. The molecule has 0 spiro atoms. The summed E-state index contributed by atoms with van der Waals surface area (Å²) in [6, 6.07) is 20.3. The minimum absolute atomic E-state index is 0.131. The third-order valence-electron chi connectivity index (χ3n) is 4.18. The van der Waals surface area contributed by atoms with Gasteiger partial charge in [-0.2, -0.15) is 0 Å². The molecular formula is C20H26N2O. The van der Waals surface area contributed by atoms with Crippen molar-refractivity contribution in [1.29, 1.82) is 0 Å². The van der Waals surface area contributed by atoms with Gasteiger partial charge in [-0.3, -0.25) is 9.69 Å². The maximum atomic E-state index is 12.7. The number of nitrogens with zero attached hydrogens (tertiary/aromatic N) is 2. The third-order valence-corrected chi connectivity index (χ3v) is 4.18. The Balaban J connectivity index is 1.98. The Hall–Kier alpha value is -2.13. The minimum atomic E-state index is -0.131. The summed E-state index contributed by atoms with van der Waals surface area (Å²) in [5.41, 5.74) is 2.39. The zero-order chi connectivity index (χ0) is 16.7. The fraction of sp³-hybridized carbons (Fsp3) is 0.350. The zero-order valence-corrected chi connectivity index (χ0v) is 14.3. The first-order chi connectivity index (χ1) is 11.1. The quantitative estimate of drug-likeness (QED) is 0.781. The summed E-state index contributed by atoms with van der Waals surface area (Å²) < 4.78 is 0. The number of hydrogen-bond donors (Lipinski definition) is 0. The highest BCUT2D eigenvalue weighted by atomic mass is 16.2. The molecule has 0 saturated carbocycles. The second kappa shape index (κ2) is 8.49. The summed E-state index contributed by atoms with van der Waals surface area (Å²) >= 11 is 0. The van der Waals surface area contributed by atoms with Crippen molar-refractivity contribution in [2.45, 2.75) is 33.0 Å². The van der Waals surface area contributed by atoms with Gasteiger partial charge in [0, 0.05) is 20.1 Å². The normalized spacial score (nSPS) is 12.2. The first-order valence-electron chi connectivity index (χ1n) is 8.18.